The van der Waals surface area contributed by atoms with E-state index < -0.39 is 5.82 Å². The van der Waals surface area contributed by atoms with Gasteiger partial charge in [0, 0.05) is 23.6 Å². The van der Waals surface area contributed by atoms with Gasteiger partial charge in [0.1, 0.15) is 10.8 Å². The van der Waals surface area contributed by atoms with Crippen LogP contribution in [0.4, 0.5) is 10.1 Å². The van der Waals surface area contributed by atoms with Gasteiger partial charge in [0.05, 0.1) is 22.0 Å². The predicted octanol–water partition coefficient (Wildman–Crippen LogP) is 5.54. The molecular formula is C22H18ClFN4OS. The van der Waals surface area contributed by atoms with E-state index in [2.05, 4.69) is 41.4 Å². The Bertz CT molecular complexity index is 1260. The Labute approximate surface area is 182 Å². The fourth-order valence-corrected chi connectivity index (χ4v) is 3.91. The van der Waals surface area contributed by atoms with E-state index in [1.54, 1.807) is 16.9 Å². The van der Waals surface area contributed by atoms with E-state index >= 15 is 0 Å². The number of aryl methyl sites for hydroxylation is 2. The summed E-state index contributed by atoms with van der Waals surface area (Å²) >= 11 is 7.06. The van der Waals surface area contributed by atoms with Crippen LogP contribution in [0.2, 0.25) is 5.02 Å². The number of hydrogen-bond acceptors (Lipinski definition) is 4. The first-order chi connectivity index (χ1) is 14.4. The largest absolute Gasteiger partial charge is 0.325 e. The molecule has 1 N–H and O–H groups in total. The Morgan fingerprint density at radius 2 is 2.00 bits per heavy atom. The Hall–Kier alpha value is -2.90. The number of carbonyl (C=O) groups is 1. The normalized spacial score (nSPS) is 11.1. The number of thioether (sulfide) groups is 1. The number of fused-ring (bicyclic) bond motifs is 1. The van der Waals surface area contributed by atoms with Crippen molar-refractivity contribution < 1.29 is 9.18 Å². The van der Waals surface area contributed by atoms with Crippen LogP contribution in [0.1, 0.15) is 11.1 Å². The molecule has 4 rings (SSSR count). The number of hydrogen-bond donors (Lipinski definition) is 1. The van der Waals surface area contributed by atoms with Crippen molar-refractivity contribution in [2.75, 3.05) is 11.1 Å². The SMILES string of the molecule is Cc1ccc(-c2cc3c(SCC(=O)Nc4ccc(F)c(Cl)c4)nccn3n2)cc1C. The minimum atomic E-state index is -0.528. The molecule has 0 saturated heterocycles. The second kappa shape index (κ2) is 8.45. The molecule has 2 aromatic carbocycles. The van der Waals surface area contributed by atoms with Crippen molar-refractivity contribution in [3.8, 4) is 11.3 Å². The first kappa shape index (κ1) is 20.4. The zero-order chi connectivity index (χ0) is 21.3. The van der Waals surface area contributed by atoms with Gasteiger partial charge in [-0.15, -0.1) is 0 Å². The summed E-state index contributed by atoms with van der Waals surface area (Å²) in [6.45, 7) is 4.15. The minimum Gasteiger partial charge on any atom is -0.325 e. The molecule has 0 aliphatic heterocycles. The smallest absolute Gasteiger partial charge is 0.234 e. The molecule has 30 heavy (non-hydrogen) atoms. The first-order valence-electron chi connectivity index (χ1n) is 9.20. The lowest BCUT2D eigenvalue weighted by molar-refractivity contribution is -0.113. The summed E-state index contributed by atoms with van der Waals surface area (Å²) in [5, 5.41) is 8.01. The Morgan fingerprint density at radius 3 is 2.77 bits per heavy atom. The first-order valence-corrected chi connectivity index (χ1v) is 10.6. The van der Waals surface area contributed by atoms with Gasteiger partial charge in [-0.3, -0.25) is 4.79 Å². The summed E-state index contributed by atoms with van der Waals surface area (Å²) in [4.78, 5) is 16.7. The summed E-state index contributed by atoms with van der Waals surface area (Å²) in [5.41, 5.74) is 5.58. The lowest BCUT2D eigenvalue weighted by atomic mass is 10.0. The monoisotopic (exact) mass is 440 g/mol. The van der Waals surface area contributed by atoms with E-state index in [1.807, 2.05) is 12.1 Å². The van der Waals surface area contributed by atoms with E-state index in [0.29, 0.717) is 10.7 Å². The highest BCUT2D eigenvalue weighted by atomic mass is 35.5. The van der Waals surface area contributed by atoms with Crippen LogP contribution in [-0.4, -0.2) is 26.3 Å². The van der Waals surface area contributed by atoms with Gasteiger partial charge < -0.3 is 5.32 Å². The fourth-order valence-electron chi connectivity index (χ4n) is 2.96. The van der Waals surface area contributed by atoms with Gasteiger partial charge in [-0.05, 0) is 55.3 Å². The van der Waals surface area contributed by atoms with Crippen molar-refractivity contribution in [2.45, 2.75) is 18.9 Å². The number of rotatable bonds is 5. The van der Waals surface area contributed by atoms with Crippen molar-refractivity contribution in [3.63, 3.8) is 0 Å². The van der Waals surface area contributed by atoms with Crippen molar-refractivity contribution in [2.24, 2.45) is 0 Å². The quantitative estimate of drug-likeness (QED) is 0.414. The third kappa shape index (κ3) is 4.32. The van der Waals surface area contributed by atoms with Gasteiger partial charge in [0.15, 0.2) is 0 Å². The second-order valence-corrected chi connectivity index (χ2v) is 8.23. The highest BCUT2D eigenvalue weighted by Gasteiger charge is 2.12. The molecule has 0 unspecified atom stereocenters. The molecule has 0 fully saturated rings. The van der Waals surface area contributed by atoms with Crippen LogP contribution in [0.25, 0.3) is 16.8 Å². The highest BCUT2D eigenvalue weighted by Crippen LogP contribution is 2.27. The van der Waals surface area contributed by atoms with Gasteiger partial charge in [0.25, 0.3) is 0 Å². The number of nitrogens with one attached hydrogen (secondary N) is 1. The van der Waals surface area contributed by atoms with Crippen molar-refractivity contribution in [3.05, 3.63) is 76.8 Å². The maximum absolute atomic E-state index is 13.3. The van der Waals surface area contributed by atoms with Crippen LogP contribution >= 0.6 is 23.4 Å². The molecule has 4 aromatic rings. The topological polar surface area (TPSA) is 59.3 Å². The molecule has 2 aromatic heterocycles. The third-order valence-corrected chi connectivity index (χ3v) is 5.98. The van der Waals surface area contributed by atoms with Gasteiger partial charge in [-0.1, -0.05) is 35.5 Å². The molecule has 1 amide bonds. The maximum atomic E-state index is 13.3. The fraction of sp³-hybridized carbons (Fsp3) is 0.136. The van der Waals surface area contributed by atoms with Crippen molar-refractivity contribution >= 4 is 40.5 Å². The van der Waals surface area contributed by atoms with Crippen LogP contribution in [0.5, 0.6) is 0 Å². The van der Waals surface area contributed by atoms with Gasteiger partial charge >= 0.3 is 0 Å². The summed E-state index contributed by atoms with van der Waals surface area (Å²) in [5.74, 6) is -0.619. The number of halogens is 2. The zero-order valence-electron chi connectivity index (χ0n) is 16.3. The van der Waals surface area contributed by atoms with E-state index in [4.69, 9.17) is 11.6 Å². The number of anilines is 1. The van der Waals surface area contributed by atoms with Gasteiger partial charge in [0.2, 0.25) is 5.91 Å². The average Bonchev–Trinajstić information content (AvgIpc) is 3.16. The molecule has 0 spiro atoms. The van der Waals surface area contributed by atoms with Crippen LogP contribution < -0.4 is 5.32 Å². The van der Waals surface area contributed by atoms with Crippen molar-refractivity contribution in [1.82, 2.24) is 14.6 Å². The molecule has 152 valence electrons. The van der Waals surface area contributed by atoms with E-state index in [1.165, 1.54) is 41.1 Å². The maximum Gasteiger partial charge on any atom is 0.234 e. The second-order valence-electron chi connectivity index (χ2n) is 6.86. The Kier molecular flexibility index (Phi) is 5.74. The molecule has 2 heterocycles. The highest BCUT2D eigenvalue weighted by molar-refractivity contribution is 8.00. The van der Waals surface area contributed by atoms with E-state index in [-0.39, 0.29) is 16.7 Å². The summed E-state index contributed by atoms with van der Waals surface area (Å²) in [6, 6.07) is 12.3. The summed E-state index contributed by atoms with van der Waals surface area (Å²) in [6.07, 6.45) is 3.44. The van der Waals surface area contributed by atoms with Crippen LogP contribution in [0.15, 0.2) is 59.9 Å². The predicted molar refractivity (Wildman–Crippen MR) is 119 cm³/mol. The Morgan fingerprint density at radius 1 is 1.17 bits per heavy atom. The molecule has 0 radical (unpaired) electrons. The van der Waals surface area contributed by atoms with Crippen LogP contribution in [-0.2, 0) is 4.79 Å². The number of benzene rings is 2. The summed E-state index contributed by atoms with van der Waals surface area (Å²) < 4.78 is 15.0. The molecular weight excluding hydrogens is 423 g/mol. The zero-order valence-corrected chi connectivity index (χ0v) is 17.9. The molecule has 0 bridgehead atoms. The summed E-state index contributed by atoms with van der Waals surface area (Å²) in [7, 11) is 0. The van der Waals surface area contributed by atoms with Crippen LogP contribution in [0.3, 0.4) is 0 Å². The molecule has 0 atom stereocenters. The minimum absolute atomic E-state index is 0.0370. The van der Waals surface area contributed by atoms with Gasteiger partial charge in [-0.2, -0.15) is 5.10 Å². The Balaban J connectivity index is 1.51. The molecule has 5 nitrogen and oxygen atoms in total. The van der Waals surface area contributed by atoms with Gasteiger partial charge in [-0.25, -0.2) is 13.9 Å². The number of nitrogens with zero attached hydrogens (tertiary/aromatic N) is 3. The van der Waals surface area contributed by atoms with E-state index in [0.717, 1.165) is 16.8 Å². The lowest BCUT2D eigenvalue weighted by Gasteiger charge is -2.06. The average molecular weight is 441 g/mol. The number of amides is 1. The molecule has 0 saturated carbocycles. The third-order valence-electron chi connectivity index (χ3n) is 4.70. The number of carbonyl (C=O) groups excluding carboxylic acids is 1. The molecule has 8 heteroatoms. The van der Waals surface area contributed by atoms with Crippen LogP contribution in [0, 0.1) is 19.7 Å². The lowest BCUT2D eigenvalue weighted by Crippen LogP contribution is -2.14. The van der Waals surface area contributed by atoms with E-state index in [9.17, 15) is 9.18 Å². The standard InChI is InChI=1S/C22H18ClFN4OS/c1-13-3-4-15(9-14(13)2)19-11-20-22(25-7-8-28(20)27-19)30-12-21(29)26-16-5-6-18(24)17(23)10-16/h3-11H,12H2,1-2H3,(H,26,29). The molecule has 0 aliphatic rings. The van der Waals surface area contributed by atoms with Crippen molar-refractivity contribution in [1.29, 1.82) is 0 Å². The number of aromatic nitrogens is 3. The molecule has 0 aliphatic carbocycles.